The minimum absolute atomic E-state index is 0.0862. The van der Waals surface area contributed by atoms with E-state index in [2.05, 4.69) is 62.4 Å². The largest absolute Gasteiger partial charge is 0.507 e. The Balaban J connectivity index is 0.552. The number of likely N-dealkylation sites (tertiary alicyclic amines) is 1. The summed E-state index contributed by atoms with van der Waals surface area (Å²) in [6.45, 7) is 12.4. The number of nitrogen functional groups attached to an aromatic ring is 1. The number of thiazole rings is 1. The molecular weight excluding hydrogens is 1070 g/mol. The summed E-state index contributed by atoms with van der Waals surface area (Å²) >= 11 is 1.60. The SMILES string of the molecule is Cc1ncsc1-c1ccc([C@H](C)NC(=O)[C@@H]2C[C@@H](O)CN2C(=O)[C@@H](c2cc(N3CCC(CN4C5CCC4CC(O[C@H]4C[C@H](Oc6cc(N7C8CCC7CN(c7cc(-c9ccccc9O)nnc7N)C8)ccn6)C4)C5)CC3)no2)C(C)C)cc1. The number of aromatic nitrogens is 5. The van der Waals surface area contributed by atoms with E-state index >= 15 is 0 Å². The molecule has 8 atom stereocenters. The highest BCUT2D eigenvalue weighted by molar-refractivity contribution is 7.13. The number of hydrogen-bond acceptors (Lipinski definition) is 18. The number of nitrogens with zero attached hydrogens (tertiary/aromatic N) is 10. The maximum atomic E-state index is 14.5. The molecule has 13 rings (SSSR count). The molecule has 20 heteroatoms. The number of pyridine rings is 1. The molecule has 1 saturated carbocycles. The minimum Gasteiger partial charge on any atom is -0.507 e. The van der Waals surface area contributed by atoms with Gasteiger partial charge in [-0.25, -0.2) is 9.97 Å². The first-order valence-electron chi connectivity index (χ1n) is 30.3. The van der Waals surface area contributed by atoms with E-state index in [4.69, 9.17) is 19.7 Å². The van der Waals surface area contributed by atoms with Crippen molar-refractivity contribution in [2.24, 2.45) is 11.8 Å². The fourth-order valence-corrected chi connectivity index (χ4v) is 15.6. The van der Waals surface area contributed by atoms with E-state index in [1.54, 1.807) is 28.4 Å². The smallest absolute Gasteiger partial charge is 0.243 e. The number of ether oxygens (including phenoxy) is 2. The number of piperidine rings is 2. The van der Waals surface area contributed by atoms with Gasteiger partial charge in [-0.15, -0.1) is 21.5 Å². The molecule has 6 saturated heterocycles. The molecule has 2 amide bonds. The number of benzene rings is 2. The first kappa shape index (κ1) is 55.3. The predicted molar refractivity (Wildman–Crippen MR) is 318 cm³/mol. The van der Waals surface area contributed by atoms with Gasteiger partial charge in [0.2, 0.25) is 17.7 Å². The summed E-state index contributed by atoms with van der Waals surface area (Å²) in [5, 5.41) is 37.6. The third-order valence-corrected chi connectivity index (χ3v) is 20.2. The molecule has 4 unspecified atom stereocenters. The minimum atomic E-state index is -0.803. The topological polar surface area (TPSA) is 225 Å². The van der Waals surface area contributed by atoms with Gasteiger partial charge in [0.25, 0.3) is 0 Å². The number of phenolic OH excluding ortho intramolecular Hbond substituents is 1. The van der Waals surface area contributed by atoms with Gasteiger partial charge in [0.05, 0.1) is 51.8 Å². The van der Waals surface area contributed by atoms with E-state index < -0.39 is 18.1 Å². The van der Waals surface area contributed by atoms with Crippen LogP contribution >= 0.6 is 11.3 Å². The van der Waals surface area contributed by atoms with Gasteiger partial charge >= 0.3 is 0 Å². The van der Waals surface area contributed by atoms with Gasteiger partial charge in [0.15, 0.2) is 17.4 Å². The second kappa shape index (κ2) is 23.3. The molecule has 83 heavy (non-hydrogen) atoms. The van der Waals surface area contributed by atoms with Crippen LogP contribution < -0.4 is 30.5 Å². The second-order valence-corrected chi connectivity index (χ2v) is 25.8. The van der Waals surface area contributed by atoms with E-state index in [1.165, 1.54) is 12.8 Å². The molecule has 7 fully saturated rings. The average molecular weight is 1150 g/mol. The molecule has 19 nitrogen and oxygen atoms in total. The standard InChI is InChI=1S/C63H78N12O7S/c1-36(2)59(63(79)74-34-47(76)26-54(74)62(78)67-37(3)40-9-11-41(12-10-40)60-38(4)66-35-83-60)56-30-57(70-82-56)71-21-18-39(19-22-71)31-73-42-13-14-43(73)24-48(23-42)80-49-27-50(28-49)81-58-25-44(17-20-65-58)75-45-15-16-46(75)33-72(32-45)53-29-52(68-69-61(53)64)51-7-5-6-8-55(51)77/h5-12,17,20,25,29-30,35-37,39,42-43,45-50,54,59,76-77H,13-16,18-19,21-24,26-28,31-34H2,1-4H3,(H2,64,69)(H,67,78)/t37-,42?,43?,45?,46?,47+,48?,49-,50-,54-,59+/m0/s1. The van der Waals surface area contributed by atoms with Crippen LogP contribution in [-0.4, -0.2) is 151 Å². The van der Waals surface area contributed by atoms with Gasteiger partial charge in [-0.1, -0.05) is 55.4 Å². The molecule has 6 aromatic rings. The first-order valence-corrected chi connectivity index (χ1v) is 31.1. The summed E-state index contributed by atoms with van der Waals surface area (Å²) in [5.41, 5.74) is 14.5. The maximum absolute atomic E-state index is 14.5. The Labute approximate surface area is 489 Å². The number of nitrogens with one attached hydrogen (secondary N) is 1. The Bertz CT molecular complexity index is 3240. The van der Waals surface area contributed by atoms with Crippen molar-refractivity contribution in [1.82, 2.24) is 40.4 Å². The van der Waals surface area contributed by atoms with E-state index in [0.29, 0.717) is 58.8 Å². The fraction of sp³-hybridized carbons (Fsp3) is 0.540. The molecule has 0 radical (unpaired) electrons. The number of rotatable bonds is 17. The van der Waals surface area contributed by atoms with Crippen LogP contribution in [-0.2, 0) is 14.3 Å². The van der Waals surface area contributed by atoms with Crippen molar-refractivity contribution in [2.45, 2.75) is 165 Å². The molecule has 1 aliphatic carbocycles. The fourth-order valence-electron chi connectivity index (χ4n) is 14.7. The van der Waals surface area contributed by atoms with Crippen LogP contribution in [0.25, 0.3) is 21.7 Å². The number of aliphatic hydroxyl groups excluding tert-OH is 1. The number of aliphatic hydroxyl groups is 1. The van der Waals surface area contributed by atoms with Crippen LogP contribution in [0.4, 0.5) is 23.0 Å². The molecule has 4 bridgehead atoms. The lowest BCUT2D eigenvalue weighted by atomic mass is 9.90. The Kier molecular flexibility index (Phi) is 15.5. The van der Waals surface area contributed by atoms with Gasteiger partial charge in [0, 0.05) is 112 Å². The number of carbonyl (C=O) groups excluding carboxylic acids is 2. The van der Waals surface area contributed by atoms with Gasteiger partial charge in [-0.05, 0) is 112 Å². The van der Waals surface area contributed by atoms with Crippen LogP contribution in [0.1, 0.15) is 120 Å². The van der Waals surface area contributed by atoms with Crippen LogP contribution in [0.15, 0.2) is 89.0 Å². The second-order valence-electron chi connectivity index (χ2n) is 25.0. The summed E-state index contributed by atoms with van der Waals surface area (Å²) in [4.78, 5) is 50.0. The van der Waals surface area contributed by atoms with E-state index in [1.807, 2.05) is 87.9 Å². The van der Waals surface area contributed by atoms with Crippen molar-refractivity contribution in [3.8, 4) is 33.3 Å². The Morgan fingerprint density at radius 2 is 1.54 bits per heavy atom. The van der Waals surface area contributed by atoms with E-state index in [9.17, 15) is 19.8 Å². The summed E-state index contributed by atoms with van der Waals surface area (Å²) in [6.07, 6.45) is 12.5. The van der Waals surface area contributed by atoms with E-state index in [-0.39, 0.29) is 60.8 Å². The average Bonchev–Trinajstić information content (AvgIpc) is 4.35. The number of fused-ring (bicyclic) bond motifs is 4. The number of carbonyl (C=O) groups is 2. The van der Waals surface area contributed by atoms with Crippen molar-refractivity contribution in [3.63, 3.8) is 0 Å². The molecule has 438 valence electrons. The van der Waals surface area contributed by atoms with Crippen molar-refractivity contribution in [2.75, 3.05) is 59.7 Å². The number of piperazine rings is 1. The molecule has 0 spiro atoms. The number of aryl methyl sites for hydroxylation is 1. The molecule has 10 heterocycles. The number of amides is 2. The van der Waals surface area contributed by atoms with Gasteiger partial charge < -0.3 is 54.9 Å². The predicted octanol–water partition coefficient (Wildman–Crippen LogP) is 8.52. The molecule has 4 aromatic heterocycles. The van der Waals surface area contributed by atoms with Crippen LogP contribution in [0.3, 0.4) is 0 Å². The lowest BCUT2D eigenvalue weighted by Gasteiger charge is -2.44. The normalized spacial score (nSPS) is 27.0. The zero-order valence-electron chi connectivity index (χ0n) is 48.0. The van der Waals surface area contributed by atoms with Gasteiger partial charge in [-0.3, -0.25) is 14.5 Å². The lowest BCUT2D eigenvalue weighted by molar-refractivity contribution is -0.141. The van der Waals surface area contributed by atoms with E-state index in [0.717, 1.165) is 123 Å². The maximum Gasteiger partial charge on any atom is 0.243 e. The quantitative estimate of drug-likeness (QED) is 0.0671. The highest BCUT2D eigenvalue weighted by Crippen LogP contribution is 2.43. The van der Waals surface area contributed by atoms with Crippen molar-refractivity contribution < 1.29 is 33.8 Å². The zero-order valence-corrected chi connectivity index (χ0v) is 48.8. The molecule has 7 aliphatic rings. The number of β-amino-alcohol motifs (C(OH)–C–C–N with tert-alkyl or cyclic N) is 1. The Hall–Kier alpha value is -6.87. The number of para-hydroxylation sites is 1. The molecule has 5 N–H and O–H groups in total. The summed E-state index contributed by atoms with van der Waals surface area (Å²) < 4.78 is 19.3. The summed E-state index contributed by atoms with van der Waals surface area (Å²) in [5.74, 6) is 1.76. The number of nitrogens with two attached hydrogens (primary N) is 1. The summed E-state index contributed by atoms with van der Waals surface area (Å²) in [6, 6.07) is 24.0. The molecular formula is C63H78N12O7S. The van der Waals surface area contributed by atoms with Gasteiger partial charge in [0.1, 0.15) is 23.8 Å². The number of hydrogen-bond donors (Lipinski definition) is 4. The third kappa shape index (κ3) is 11.4. The van der Waals surface area contributed by atoms with Crippen molar-refractivity contribution >= 4 is 46.2 Å². The van der Waals surface area contributed by atoms with Crippen LogP contribution in [0.5, 0.6) is 11.6 Å². The summed E-state index contributed by atoms with van der Waals surface area (Å²) in [7, 11) is 0. The number of aromatic hydroxyl groups is 1. The number of phenols is 1. The third-order valence-electron chi connectivity index (χ3n) is 19.2. The molecule has 6 aliphatic heterocycles. The first-order chi connectivity index (χ1) is 40.3. The molecule has 2 aromatic carbocycles. The number of anilines is 4. The Morgan fingerprint density at radius 1 is 0.819 bits per heavy atom. The van der Waals surface area contributed by atoms with Crippen molar-refractivity contribution in [3.05, 3.63) is 102 Å². The highest BCUT2D eigenvalue weighted by atomic mass is 32.1. The van der Waals surface area contributed by atoms with Crippen LogP contribution in [0, 0.1) is 18.8 Å². The highest BCUT2D eigenvalue weighted by Gasteiger charge is 2.47. The van der Waals surface area contributed by atoms with Crippen molar-refractivity contribution in [1.29, 1.82) is 0 Å². The lowest BCUT2D eigenvalue weighted by Crippen LogP contribution is -2.54. The van der Waals surface area contributed by atoms with Crippen LogP contribution in [0.2, 0.25) is 0 Å². The zero-order chi connectivity index (χ0) is 57.0. The Morgan fingerprint density at radius 3 is 2.25 bits per heavy atom. The monoisotopic (exact) mass is 1150 g/mol. The van der Waals surface area contributed by atoms with Gasteiger partial charge in [-0.2, -0.15) is 0 Å².